The minimum atomic E-state index is -0.0887. The minimum Gasteiger partial charge on any atom is -0.376 e. The van der Waals surface area contributed by atoms with E-state index in [0.717, 1.165) is 5.57 Å². The summed E-state index contributed by atoms with van der Waals surface area (Å²) in [6.07, 6.45) is 0. The van der Waals surface area contributed by atoms with E-state index in [2.05, 4.69) is 78.6 Å². The Balaban J connectivity index is 3.33. The van der Waals surface area contributed by atoms with Gasteiger partial charge in [0.1, 0.15) is 0 Å². The van der Waals surface area contributed by atoms with Crippen LogP contribution in [-0.4, -0.2) is 5.54 Å². The van der Waals surface area contributed by atoms with Crippen molar-refractivity contribution in [3.05, 3.63) is 41.5 Å². The van der Waals surface area contributed by atoms with Crippen LogP contribution in [0, 0.1) is 0 Å². The van der Waals surface area contributed by atoms with E-state index in [-0.39, 0.29) is 5.54 Å². The van der Waals surface area contributed by atoms with Crippen molar-refractivity contribution in [3.63, 3.8) is 0 Å². The predicted molar refractivity (Wildman–Crippen MR) is 87.1 cm³/mol. The molecule has 1 nitrogen and oxygen atoms in total. The fraction of sp³-hybridized carbons (Fsp3) is 0.556. The van der Waals surface area contributed by atoms with Crippen LogP contribution in [0.3, 0.4) is 0 Å². The minimum absolute atomic E-state index is 0.0887. The van der Waals surface area contributed by atoms with Gasteiger partial charge in [0.05, 0.1) is 5.54 Å². The van der Waals surface area contributed by atoms with Gasteiger partial charge in [0, 0.05) is 5.69 Å². The lowest BCUT2D eigenvalue weighted by Gasteiger charge is -2.32. The third-order valence-corrected chi connectivity index (χ3v) is 3.88. The van der Waals surface area contributed by atoms with E-state index >= 15 is 0 Å². The van der Waals surface area contributed by atoms with Crippen molar-refractivity contribution in [2.24, 2.45) is 0 Å². The predicted octanol–water partition coefficient (Wildman–Crippen LogP) is 5.70. The Labute approximate surface area is 119 Å². The van der Waals surface area contributed by atoms with Crippen molar-refractivity contribution in [1.82, 2.24) is 0 Å². The number of para-hydroxylation sites is 1. The highest BCUT2D eigenvalue weighted by Crippen LogP contribution is 2.35. The zero-order valence-corrected chi connectivity index (χ0v) is 13.6. The van der Waals surface area contributed by atoms with Gasteiger partial charge in [-0.1, -0.05) is 58.0 Å². The first kappa shape index (κ1) is 15.8. The van der Waals surface area contributed by atoms with Crippen LogP contribution in [0.15, 0.2) is 30.4 Å². The SMILES string of the molecule is C=C(C)C(C)(C)Nc1c(C(C)C)cccc1C(C)C. The molecule has 0 saturated carbocycles. The fourth-order valence-electron chi connectivity index (χ4n) is 2.11. The lowest BCUT2D eigenvalue weighted by Crippen LogP contribution is -2.33. The molecule has 1 rings (SSSR count). The molecule has 0 atom stereocenters. The highest BCUT2D eigenvalue weighted by Gasteiger charge is 2.22. The van der Waals surface area contributed by atoms with Gasteiger partial charge in [0.2, 0.25) is 0 Å². The smallest absolute Gasteiger partial charge is 0.0524 e. The highest BCUT2D eigenvalue weighted by molar-refractivity contribution is 5.62. The topological polar surface area (TPSA) is 12.0 Å². The summed E-state index contributed by atoms with van der Waals surface area (Å²) in [7, 11) is 0. The van der Waals surface area contributed by atoms with Gasteiger partial charge in [-0.3, -0.25) is 0 Å². The molecular formula is C18H29N. The van der Waals surface area contributed by atoms with Crippen molar-refractivity contribution in [2.45, 2.75) is 65.8 Å². The van der Waals surface area contributed by atoms with Crippen molar-refractivity contribution in [2.75, 3.05) is 5.32 Å². The van der Waals surface area contributed by atoms with Crippen LogP contribution in [0.1, 0.15) is 71.4 Å². The van der Waals surface area contributed by atoms with Crippen molar-refractivity contribution in [3.8, 4) is 0 Å². The van der Waals surface area contributed by atoms with Gasteiger partial charge in [-0.05, 0) is 43.7 Å². The molecule has 0 heterocycles. The van der Waals surface area contributed by atoms with Crippen LogP contribution in [-0.2, 0) is 0 Å². The number of benzene rings is 1. The molecule has 0 aromatic heterocycles. The summed E-state index contributed by atoms with van der Waals surface area (Å²) < 4.78 is 0. The second kappa shape index (κ2) is 5.81. The molecule has 0 aliphatic carbocycles. The van der Waals surface area contributed by atoms with Crippen molar-refractivity contribution < 1.29 is 0 Å². The quantitative estimate of drug-likeness (QED) is 0.669. The van der Waals surface area contributed by atoms with Crippen LogP contribution in [0.5, 0.6) is 0 Å². The Hall–Kier alpha value is -1.24. The molecule has 0 aliphatic rings. The van der Waals surface area contributed by atoms with E-state index in [1.165, 1.54) is 16.8 Å². The molecule has 106 valence electrons. The number of rotatable bonds is 5. The van der Waals surface area contributed by atoms with Gasteiger partial charge in [-0.15, -0.1) is 0 Å². The van der Waals surface area contributed by atoms with Gasteiger partial charge in [-0.25, -0.2) is 0 Å². The fourth-order valence-corrected chi connectivity index (χ4v) is 2.11. The maximum Gasteiger partial charge on any atom is 0.0524 e. The summed E-state index contributed by atoms with van der Waals surface area (Å²) in [5.74, 6) is 1.03. The third kappa shape index (κ3) is 3.62. The molecule has 0 spiro atoms. The normalized spacial score (nSPS) is 12.1. The van der Waals surface area contributed by atoms with E-state index in [1.54, 1.807) is 0 Å². The zero-order chi connectivity index (χ0) is 14.8. The number of anilines is 1. The van der Waals surface area contributed by atoms with Gasteiger partial charge >= 0.3 is 0 Å². The molecule has 1 aromatic rings. The average Bonchev–Trinajstić information content (AvgIpc) is 2.27. The van der Waals surface area contributed by atoms with Crippen LogP contribution < -0.4 is 5.32 Å². The van der Waals surface area contributed by atoms with Crippen LogP contribution in [0.2, 0.25) is 0 Å². The van der Waals surface area contributed by atoms with E-state index in [4.69, 9.17) is 0 Å². The summed E-state index contributed by atoms with van der Waals surface area (Å²) >= 11 is 0. The third-order valence-electron chi connectivity index (χ3n) is 3.88. The molecule has 0 amide bonds. The summed E-state index contributed by atoms with van der Waals surface area (Å²) in [5.41, 5.74) is 5.14. The molecule has 0 fully saturated rings. The van der Waals surface area contributed by atoms with Gasteiger partial charge in [-0.2, -0.15) is 0 Å². The molecule has 1 aromatic carbocycles. The Morgan fingerprint density at radius 3 is 1.79 bits per heavy atom. The molecule has 19 heavy (non-hydrogen) atoms. The molecule has 0 aliphatic heterocycles. The van der Waals surface area contributed by atoms with Crippen LogP contribution in [0.25, 0.3) is 0 Å². The van der Waals surface area contributed by atoms with Crippen LogP contribution >= 0.6 is 0 Å². The van der Waals surface area contributed by atoms with E-state index in [1.807, 2.05) is 0 Å². The van der Waals surface area contributed by atoms with Crippen molar-refractivity contribution in [1.29, 1.82) is 0 Å². The summed E-state index contributed by atoms with van der Waals surface area (Å²) in [4.78, 5) is 0. The van der Waals surface area contributed by atoms with Crippen LogP contribution in [0.4, 0.5) is 5.69 Å². The maximum atomic E-state index is 4.11. The molecule has 0 bridgehead atoms. The van der Waals surface area contributed by atoms with E-state index < -0.39 is 0 Å². The standard InChI is InChI=1S/C18H29N/c1-12(2)15-10-9-11-16(13(3)4)17(15)19-18(7,8)14(5)6/h9-13,19H,5H2,1-4,6-8H3. The van der Waals surface area contributed by atoms with Gasteiger partial charge in [0.25, 0.3) is 0 Å². The molecule has 1 N–H and O–H groups in total. The highest BCUT2D eigenvalue weighted by atomic mass is 15.0. The van der Waals surface area contributed by atoms with Gasteiger partial charge in [0.15, 0.2) is 0 Å². The summed E-state index contributed by atoms with van der Waals surface area (Å²) in [6, 6.07) is 6.63. The lowest BCUT2D eigenvalue weighted by molar-refractivity contribution is 0.661. The van der Waals surface area contributed by atoms with E-state index in [9.17, 15) is 0 Å². The average molecular weight is 259 g/mol. The van der Waals surface area contributed by atoms with Gasteiger partial charge < -0.3 is 5.32 Å². The number of hydrogen-bond acceptors (Lipinski definition) is 1. The molecule has 0 unspecified atom stereocenters. The number of hydrogen-bond donors (Lipinski definition) is 1. The first-order chi connectivity index (χ1) is 8.66. The molecule has 0 saturated heterocycles. The summed E-state index contributed by atoms with van der Waals surface area (Å²) in [5, 5.41) is 3.72. The Bertz CT molecular complexity index is 427. The summed E-state index contributed by atoms with van der Waals surface area (Å²) in [6.45, 7) is 19.6. The lowest BCUT2D eigenvalue weighted by atomic mass is 9.89. The molecular weight excluding hydrogens is 230 g/mol. The largest absolute Gasteiger partial charge is 0.376 e. The maximum absolute atomic E-state index is 4.11. The monoisotopic (exact) mass is 259 g/mol. The van der Waals surface area contributed by atoms with E-state index in [0.29, 0.717) is 11.8 Å². The molecule has 1 heteroatoms. The second-order valence-electron chi connectivity index (χ2n) is 6.65. The number of nitrogens with one attached hydrogen (secondary N) is 1. The second-order valence-corrected chi connectivity index (χ2v) is 6.65. The first-order valence-electron chi connectivity index (χ1n) is 7.23. The Morgan fingerprint density at radius 2 is 1.47 bits per heavy atom. The Kier molecular flexibility index (Phi) is 4.84. The molecule has 0 radical (unpaired) electrons. The zero-order valence-electron chi connectivity index (χ0n) is 13.6. The van der Waals surface area contributed by atoms with Crippen molar-refractivity contribution >= 4 is 5.69 Å². The first-order valence-corrected chi connectivity index (χ1v) is 7.23. The Morgan fingerprint density at radius 1 is 1.05 bits per heavy atom.